The highest BCUT2D eigenvalue weighted by atomic mass is 35.5. The Kier molecular flexibility index (Phi) is 4.07. The number of hydrogen-bond acceptors (Lipinski definition) is 2. The van der Waals surface area contributed by atoms with Crippen molar-refractivity contribution in [2.75, 3.05) is 5.73 Å². The summed E-state index contributed by atoms with van der Waals surface area (Å²) in [4.78, 5) is 0. The molecule has 0 atom stereocenters. The molecule has 3 heteroatoms. The Morgan fingerprint density at radius 3 is 1.92 bits per heavy atom. The van der Waals surface area contributed by atoms with Gasteiger partial charge in [-0.1, -0.05) is 12.1 Å². The van der Waals surface area contributed by atoms with E-state index < -0.39 is 0 Å². The molecule has 1 aromatic rings. The molecule has 0 bridgehead atoms. The molecular formula is C9H15ClN2. The zero-order valence-corrected chi connectivity index (χ0v) is 8.24. The minimum absolute atomic E-state index is 0. The summed E-state index contributed by atoms with van der Waals surface area (Å²) in [7, 11) is 0. The fourth-order valence-corrected chi connectivity index (χ4v) is 1.18. The number of rotatable bonds is 1. The van der Waals surface area contributed by atoms with Crippen LogP contribution in [0.2, 0.25) is 0 Å². The van der Waals surface area contributed by atoms with Gasteiger partial charge in [-0.15, -0.1) is 12.4 Å². The first-order valence-corrected chi connectivity index (χ1v) is 3.71. The van der Waals surface area contributed by atoms with Gasteiger partial charge in [0.2, 0.25) is 0 Å². The molecule has 0 aliphatic heterocycles. The van der Waals surface area contributed by atoms with Crippen LogP contribution in [0.15, 0.2) is 12.1 Å². The van der Waals surface area contributed by atoms with Gasteiger partial charge in [-0.25, -0.2) is 0 Å². The van der Waals surface area contributed by atoms with E-state index in [1.54, 1.807) is 0 Å². The lowest BCUT2D eigenvalue weighted by molar-refractivity contribution is 1.06. The largest absolute Gasteiger partial charge is 0.398 e. The van der Waals surface area contributed by atoms with Crippen LogP contribution >= 0.6 is 12.4 Å². The number of hydrogen-bond donors (Lipinski definition) is 2. The molecule has 0 fully saturated rings. The number of anilines is 1. The lowest BCUT2D eigenvalue weighted by Crippen LogP contribution is -2.00. The minimum atomic E-state index is 0. The maximum Gasteiger partial charge on any atom is 0.0373 e. The Labute approximate surface area is 79.4 Å². The smallest absolute Gasteiger partial charge is 0.0373 e. The van der Waals surface area contributed by atoms with Crippen molar-refractivity contribution in [1.29, 1.82) is 0 Å². The van der Waals surface area contributed by atoms with E-state index in [1.807, 2.05) is 26.0 Å². The molecule has 4 N–H and O–H groups in total. The van der Waals surface area contributed by atoms with Gasteiger partial charge in [0.15, 0.2) is 0 Å². The van der Waals surface area contributed by atoms with Crippen molar-refractivity contribution in [3.8, 4) is 0 Å². The summed E-state index contributed by atoms with van der Waals surface area (Å²) in [5.74, 6) is 0. The third kappa shape index (κ3) is 2.13. The van der Waals surface area contributed by atoms with Crippen molar-refractivity contribution in [3.05, 3.63) is 28.8 Å². The molecule has 0 heterocycles. The second kappa shape index (κ2) is 4.33. The topological polar surface area (TPSA) is 52.0 Å². The number of benzene rings is 1. The molecule has 0 aromatic heterocycles. The first-order valence-electron chi connectivity index (χ1n) is 3.71. The third-order valence-electron chi connectivity index (χ3n) is 1.89. The average Bonchev–Trinajstić information content (AvgIpc) is 1.99. The van der Waals surface area contributed by atoms with Crippen LogP contribution in [-0.4, -0.2) is 0 Å². The Bertz CT molecular complexity index is 248. The summed E-state index contributed by atoms with van der Waals surface area (Å²) in [5.41, 5.74) is 15.5. The monoisotopic (exact) mass is 186 g/mol. The molecule has 0 radical (unpaired) electrons. The summed E-state index contributed by atoms with van der Waals surface area (Å²) >= 11 is 0. The van der Waals surface area contributed by atoms with Gasteiger partial charge in [0.1, 0.15) is 0 Å². The Balaban J connectivity index is 0.00000121. The highest BCUT2D eigenvalue weighted by molar-refractivity contribution is 5.85. The number of nitrogen functional groups attached to an aromatic ring is 1. The number of aryl methyl sites for hydroxylation is 2. The van der Waals surface area contributed by atoms with Gasteiger partial charge < -0.3 is 11.5 Å². The van der Waals surface area contributed by atoms with Crippen molar-refractivity contribution in [3.63, 3.8) is 0 Å². The second-order valence-corrected chi connectivity index (χ2v) is 2.85. The van der Waals surface area contributed by atoms with E-state index in [0.29, 0.717) is 6.54 Å². The molecular weight excluding hydrogens is 172 g/mol. The van der Waals surface area contributed by atoms with Gasteiger partial charge >= 0.3 is 0 Å². The van der Waals surface area contributed by atoms with Crippen LogP contribution in [0.25, 0.3) is 0 Å². The highest BCUT2D eigenvalue weighted by Crippen LogP contribution is 2.17. The number of nitrogens with two attached hydrogens (primary N) is 2. The SMILES string of the molecule is Cc1cc(CN)cc(C)c1N.Cl. The first-order chi connectivity index (χ1) is 5.15. The zero-order chi connectivity index (χ0) is 8.43. The van der Waals surface area contributed by atoms with E-state index in [0.717, 1.165) is 22.4 Å². The quantitative estimate of drug-likeness (QED) is 0.657. The highest BCUT2D eigenvalue weighted by Gasteiger charge is 1.99. The van der Waals surface area contributed by atoms with Crippen molar-refractivity contribution in [1.82, 2.24) is 0 Å². The maximum atomic E-state index is 5.76. The molecule has 12 heavy (non-hydrogen) atoms. The molecule has 0 aliphatic carbocycles. The zero-order valence-electron chi connectivity index (χ0n) is 7.42. The summed E-state index contributed by atoms with van der Waals surface area (Å²) in [6.45, 7) is 4.59. The first kappa shape index (κ1) is 11.3. The Morgan fingerprint density at radius 1 is 1.17 bits per heavy atom. The molecule has 0 unspecified atom stereocenters. The van der Waals surface area contributed by atoms with E-state index in [2.05, 4.69) is 0 Å². The summed E-state index contributed by atoms with van der Waals surface area (Å²) in [5, 5.41) is 0. The molecule has 1 rings (SSSR count). The fraction of sp³-hybridized carbons (Fsp3) is 0.333. The van der Waals surface area contributed by atoms with Crippen LogP contribution in [0.5, 0.6) is 0 Å². The van der Waals surface area contributed by atoms with Crippen LogP contribution in [0.4, 0.5) is 5.69 Å². The predicted molar refractivity (Wildman–Crippen MR) is 55.5 cm³/mol. The van der Waals surface area contributed by atoms with Gasteiger partial charge in [-0.3, -0.25) is 0 Å². The predicted octanol–water partition coefficient (Wildman–Crippen LogP) is 1.77. The van der Waals surface area contributed by atoms with E-state index >= 15 is 0 Å². The third-order valence-corrected chi connectivity index (χ3v) is 1.89. The normalized spacial score (nSPS) is 9.25. The second-order valence-electron chi connectivity index (χ2n) is 2.85. The average molecular weight is 187 g/mol. The van der Waals surface area contributed by atoms with Crippen molar-refractivity contribution in [2.45, 2.75) is 20.4 Å². The van der Waals surface area contributed by atoms with E-state index in [1.165, 1.54) is 0 Å². The van der Waals surface area contributed by atoms with Crippen LogP contribution in [0, 0.1) is 13.8 Å². The Morgan fingerprint density at radius 2 is 1.58 bits per heavy atom. The molecule has 0 aliphatic rings. The lowest BCUT2D eigenvalue weighted by atomic mass is 10.1. The van der Waals surface area contributed by atoms with Crippen LogP contribution in [-0.2, 0) is 6.54 Å². The fourth-order valence-electron chi connectivity index (χ4n) is 1.18. The summed E-state index contributed by atoms with van der Waals surface area (Å²) < 4.78 is 0. The van der Waals surface area contributed by atoms with Crippen molar-refractivity contribution >= 4 is 18.1 Å². The molecule has 2 nitrogen and oxygen atoms in total. The van der Waals surface area contributed by atoms with E-state index in [4.69, 9.17) is 11.5 Å². The van der Waals surface area contributed by atoms with Crippen LogP contribution in [0.3, 0.4) is 0 Å². The summed E-state index contributed by atoms with van der Waals surface area (Å²) in [6.07, 6.45) is 0. The molecule has 1 aromatic carbocycles. The molecule has 0 amide bonds. The van der Waals surface area contributed by atoms with E-state index in [-0.39, 0.29) is 12.4 Å². The Hall–Kier alpha value is -0.730. The molecule has 68 valence electrons. The molecule has 0 spiro atoms. The van der Waals surface area contributed by atoms with Gasteiger partial charge in [-0.05, 0) is 30.5 Å². The van der Waals surface area contributed by atoms with Crippen molar-refractivity contribution < 1.29 is 0 Å². The summed E-state index contributed by atoms with van der Waals surface area (Å²) in [6, 6.07) is 4.06. The standard InChI is InChI=1S/C9H14N2.ClH/c1-6-3-8(5-10)4-7(2)9(6)11;/h3-4H,5,10-11H2,1-2H3;1H. The van der Waals surface area contributed by atoms with Crippen LogP contribution < -0.4 is 11.5 Å². The minimum Gasteiger partial charge on any atom is -0.398 e. The van der Waals surface area contributed by atoms with Crippen molar-refractivity contribution in [2.24, 2.45) is 5.73 Å². The van der Waals surface area contributed by atoms with Gasteiger partial charge in [0.25, 0.3) is 0 Å². The van der Waals surface area contributed by atoms with Gasteiger partial charge in [-0.2, -0.15) is 0 Å². The van der Waals surface area contributed by atoms with Crippen LogP contribution in [0.1, 0.15) is 16.7 Å². The van der Waals surface area contributed by atoms with E-state index in [9.17, 15) is 0 Å². The van der Waals surface area contributed by atoms with Gasteiger partial charge in [0.05, 0.1) is 0 Å². The molecule has 0 saturated carbocycles. The maximum absolute atomic E-state index is 5.76. The lowest BCUT2D eigenvalue weighted by Gasteiger charge is -2.06. The van der Waals surface area contributed by atoms with Gasteiger partial charge in [0, 0.05) is 12.2 Å². The number of halogens is 1. The molecule has 0 saturated heterocycles.